The average Bonchev–Trinajstić information content (AvgIpc) is 3.68. The van der Waals surface area contributed by atoms with Crippen molar-refractivity contribution in [3.63, 3.8) is 0 Å². The SMILES string of the molecule is Cc1ccccc1-c1c2c(cc[n+]1C)C1CCC2C1.[2H]C12CCC([2H])(C1)c1c2cc[n+](C)c1-c1ccccc1C. The lowest BCUT2D eigenvalue weighted by Crippen LogP contribution is -2.33. The molecule has 0 spiro atoms. The smallest absolute Gasteiger partial charge is 0.201 e. The van der Waals surface area contributed by atoms with Crippen molar-refractivity contribution in [2.24, 2.45) is 14.1 Å². The third-order valence-corrected chi connectivity index (χ3v) is 9.69. The van der Waals surface area contributed by atoms with E-state index in [9.17, 15) is 0 Å². The summed E-state index contributed by atoms with van der Waals surface area (Å²) in [4.78, 5) is 0. The van der Waals surface area contributed by atoms with Gasteiger partial charge < -0.3 is 0 Å². The van der Waals surface area contributed by atoms with Crippen LogP contribution in [-0.2, 0) is 14.1 Å². The van der Waals surface area contributed by atoms with Gasteiger partial charge in [-0.05, 0) is 110 Å². The molecule has 4 aliphatic carbocycles. The first-order valence-corrected chi connectivity index (χ1v) is 14.4. The standard InChI is InChI=1S/2C18H20N/c2*1-12-5-3-4-6-15(12)18-17-14-8-7-13(11-14)16(17)9-10-19(18)2/h2*3-6,9-10,13-14H,7-8,11H2,1-2H3/q2*+1/i13D,14D;. The van der Waals surface area contributed by atoms with Crippen LogP contribution in [0.25, 0.3) is 22.5 Å². The minimum absolute atomic E-state index is 0.539. The topological polar surface area (TPSA) is 7.76 Å². The molecule has 2 aromatic carbocycles. The Morgan fingerprint density at radius 3 is 1.82 bits per heavy atom. The number of fused-ring (bicyclic) bond motifs is 10. The maximum atomic E-state index is 8.90. The highest BCUT2D eigenvalue weighted by Crippen LogP contribution is 2.56. The van der Waals surface area contributed by atoms with E-state index in [0.29, 0.717) is 6.42 Å². The monoisotopic (exact) mass is 502 g/mol. The summed E-state index contributed by atoms with van der Waals surface area (Å²) in [6, 6.07) is 21.6. The molecular formula is C36H40N2+2. The quantitative estimate of drug-likeness (QED) is 0.248. The van der Waals surface area contributed by atoms with E-state index in [1.54, 1.807) is 11.1 Å². The predicted molar refractivity (Wildman–Crippen MR) is 154 cm³/mol. The molecule has 2 fully saturated rings. The van der Waals surface area contributed by atoms with Crippen LogP contribution in [0.1, 0.15) is 98.3 Å². The fourth-order valence-electron chi connectivity index (χ4n) is 7.81. The highest BCUT2D eigenvalue weighted by molar-refractivity contribution is 5.69. The maximum absolute atomic E-state index is 8.90. The third kappa shape index (κ3) is 3.67. The van der Waals surface area contributed by atoms with Crippen molar-refractivity contribution in [3.05, 3.63) is 106 Å². The molecule has 4 aliphatic rings. The first kappa shape index (κ1) is 21.6. The lowest BCUT2D eigenvalue weighted by atomic mass is 9.88. The van der Waals surface area contributed by atoms with Crippen molar-refractivity contribution in [1.82, 2.24) is 0 Å². The van der Waals surface area contributed by atoms with E-state index in [0.717, 1.165) is 41.5 Å². The molecule has 0 aliphatic heterocycles. The summed E-state index contributed by atoms with van der Waals surface area (Å²) in [5, 5.41) is 0. The lowest BCUT2D eigenvalue weighted by molar-refractivity contribution is -0.661. The second-order valence-corrected chi connectivity index (χ2v) is 11.9. The molecule has 38 heavy (non-hydrogen) atoms. The van der Waals surface area contributed by atoms with Gasteiger partial charge in [0, 0.05) is 37.1 Å². The first-order valence-electron chi connectivity index (χ1n) is 15.4. The highest BCUT2D eigenvalue weighted by atomic mass is 14.9. The number of hydrogen-bond acceptors (Lipinski definition) is 0. The number of benzene rings is 2. The Morgan fingerprint density at radius 1 is 0.605 bits per heavy atom. The van der Waals surface area contributed by atoms with Gasteiger partial charge in [0.1, 0.15) is 14.1 Å². The zero-order chi connectivity index (χ0) is 27.8. The Kier molecular flexibility index (Phi) is 5.23. The summed E-state index contributed by atoms with van der Waals surface area (Å²) < 4.78 is 22.1. The molecule has 4 bridgehead atoms. The molecule has 2 heteroatoms. The number of pyridine rings is 2. The van der Waals surface area contributed by atoms with Gasteiger partial charge in [0.15, 0.2) is 12.4 Å². The van der Waals surface area contributed by atoms with Crippen LogP contribution in [0.2, 0.25) is 0 Å². The molecule has 192 valence electrons. The number of aryl methyl sites for hydroxylation is 4. The minimum Gasteiger partial charge on any atom is -0.201 e. The molecule has 2 aromatic heterocycles. The van der Waals surface area contributed by atoms with Crippen molar-refractivity contribution in [1.29, 1.82) is 0 Å². The van der Waals surface area contributed by atoms with Gasteiger partial charge in [-0.25, -0.2) is 9.13 Å². The van der Waals surface area contributed by atoms with E-state index in [-0.39, 0.29) is 0 Å². The van der Waals surface area contributed by atoms with E-state index < -0.39 is 11.8 Å². The Bertz CT molecular complexity index is 1660. The molecule has 0 amide bonds. The van der Waals surface area contributed by atoms with Gasteiger partial charge in [-0.2, -0.15) is 0 Å². The highest BCUT2D eigenvalue weighted by Gasteiger charge is 2.43. The van der Waals surface area contributed by atoms with Crippen LogP contribution in [0, 0.1) is 13.8 Å². The van der Waals surface area contributed by atoms with Gasteiger partial charge in [-0.1, -0.05) is 36.4 Å². The first-order chi connectivity index (χ1) is 19.2. The van der Waals surface area contributed by atoms with Crippen LogP contribution < -0.4 is 9.13 Å². The summed E-state index contributed by atoms with van der Waals surface area (Å²) in [6.07, 6.45) is 10.8. The molecule has 2 heterocycles. The van der Waals surface area contributed by atoms with Crippen LogP contribution >= 0.6 is 0 Å². The van der Waals surface area contributed by atoms with Crippen LogP contribution in [0.5, 0.6) is 0 Å². The zero-order valence-corrected chi connectivity index (χ0v) is 23.2. The second kappa shape index (κ2) is 9.19. The molecule has 0 radical (unpaired) electrons. The number of hydrogen-bond donors (Lipinski definition) is 0. The molecule has 4 aromatic rings. The van der Waals surface area contributed by atoms with Crippen molar-refractivity contribution >= 4 is 0 Å². The number of nitrogens with zero attached hydrogens (tertiary/aromatic N) is 2. The fraction of sp³-hybridized carbons (Fsp3) is 0.389. The van der Waals surface area contributed by atoms with Gasteiger partial charge in [0.2, 0.25) is 11.4 Å². The zero-order valence-electron chi connectivity index (χ0n) is 25.2. The molecule has 2 saturated carbocycles. The van der Waals surface area contributed by atoms with Crippen LogP contribution in [0.4, 0.5) is 0 Å². The Balaban J connectivity index is 0.000000133. The predicted octanol–water partition coefficient (Wildman–Crippen LogP) is 7.70. The van der Waals surface area contributed by atoms with Crippen molar-refractivity contribution in [2.45, 2.75) is 76.0 Å². The largest absolute Gasteiger partial charge is 0.216 e. The van der Waals surface area contributed by atoms with E-state index in [2.05, 4.69) is 103 Å². The molecule has 0 saturated heterocycles. The summed E-state index contributed by atoms with van der Waals surface area (Å²) in [5.74, 6) is 0.530. The summed E-state index contributed by atoms with van der Waals surface area (Å²) in [5.41, 5.74) is 13.3. The van der Waals surface area contributed by atoms with Crippen molar-refractivity contribution in [2.75, 3.05) is 0 Å². The van der Waals surface area contributed by atoms with Crippen molar-refractivity contribution in [3.8, 4) is 22.5 Å². The lowest BCUT2D eigenvalue weighted by Gasteiger charge is -2.17. The summed E-state index contributed by atoms with van der Waals surface area (Å²) in [6.45, 7) is 4.34. The van der Waals surface area contributed by atoms with E-state index in [4.69, 9.17) is 2.74 Å². The normalized spacial score (nSPS) is 28.3. The molecule has 0 N–H and O–H groups in total. The molecule has 4 atom stereocenters. The Morgan fingerprint density at radius 2 is 1.16 bits per heavy atom. The molecule has 2 nitrogen and oxygen atoms in total. The fourth-order valence-corrected chi connectivity index (χ4v) is 7.81. The molecular weight excluding hydrogens is 460 g/mol. The minimum atomic E-state index is -0.576. The van der Waals surface area contributed by atoms with E-state index >= 15 is 0 Å². The Labute approximate surface area is 230 Å². The van der Waals surface area contributed by atoms with Crippen LogP contribution in [0.15, 0.2) is 73.1 Å². The number of aromatic nitrogens is 2. The molecule has 4 unspecified atom stereocenters. The summed E-state index contributed by atoms with van der Waals surface area (Å²) >= 11 is 0. The van der Waals surface area contributed by atoms with E-state index in [1.165, 1.54) is 47.2 Å². The third-order valence-electron chi connectivity index (χ3n) is 9.69. The maximum Gasteiger partial charge on any atom is 0.216 e. The van der Waals surface area contributed by atoms with Gasteiger partial charge in [-0.15, -0.1) is 0 Å². The van der Waals surface area contributed by atoms with Crippen molar-refractivity contribution < 1.29 is 11.9 Å². The van der Waals surface area contributed by atoms with Crippen LogP contribution in [0.3, 0.4) is 0 Å². The van der Waals surface area contributed by atoms with Gasteiger partial charge in [0.25, 0.3) is 0 Å². The number of rotatable bonds is 2. The summed E-state index contributed by atoms with van der Waals surface area (Å²) in [7, 11) is 4.24. The average molecular weight is 503 g/mol. The Hall–Kier alpha value is -3.26. The van der Waals surface area contributed by atoms with Crippen LogP contribution in [-0.4, -0.2) is 0 Å². The van der Waals surface area contributed by atoms with Gasteiger partial charge in [-0.3, -0.25) is 0 Å². The molecule has 8 rings (SSSR count). The van der Waals surface area contributed by atoms with Gasteiger partial charge in [0.05, 0.1) is 0 Å². The second-order valence-electron chi connectivity index (χ2n) is 11.9. The van der Waals surface area contributed by atoms with E-state index in [1.807, 2.05) is 7.05 Å². The van der Waals surface area contributed by atoms with Gasteiger partial charge >= 0.3 is 0 Å².